The third-order valence-electron chi connectivity index (χ3n) is 2.00. The largest absolute Gasteiger partial charge is 0.502 e. The zero-order chi connectivity index (χ0) is 10.8. The van der Waals surface area contributed by atoms with Crippen molar-refractivity contribution in [1.82, 2.24) is 0 Å². The molecule has 1 aliphatic rings. The highest BCUT2D eigenvalue weighted by atomic mass is 35.5. The second-order valence-electron chi connectivity index (χ2n) is 3.00. The topological polar surface area (TPSA) is 85.0 Å². The normalized spacial score (nSPS) is 13.6. The van der Waals surface area contributed by atoms with E-state index in [1.54, 1.807) is 0 Å². The first-order valence-electron chi connectivity index (χ1n) is 4.33. The van der Waals surface area contributed by atoms with Crippen LogP contribution in [-0.4, -0.2) is 29.1 Å². The summed E-state index contributed by atoms with van der Waals surface area (Å²) in [6.07, 6.45) is 0. The number of rotatable bonds is 2. The van der Waals surface area contributed by atoms with Crippen molar-refractivity contribution in [3.63, 3.8) is 0 Å². The van der Waals surface area contributed by atoms with Crippen molar-refractivity contribution >= 4 is 24.0 Å². The highest BCUT2D eigenvalue weighted by Crippen LogP contribution is 2.27. The minimum Gasteiger partial charge on any atom is -0.502 e. The molecule has 0 saturated carbocycles. The number of benzene rings is 1. The second kappa shape index (κ2) is 4.80. The van der Waals surface area contributed by atoms with Gasteiger partial charge in [0.2, 0.25) is 5.90 Å². The quantitative estimate of drug-likeness (QED) is 0.631. The first kappa shape index (κ1) is 12.3. The van der Waals surface area contributed by atoms with Crippen molar-refractivity contribution < 1.29 is 14.8 Å². The van der Waals surface area contributed by atoms with Crippen molar-refractivity contribution in [2.45, 2.75) is 0 Å². The lowest BCUT2D eigenvalue weighted by molar-refractivity contribution is -0.385. The molecule has 6 nitrogen and oxygen atoms in total. The number of nitro groups is 1. The Hall–Kier alpha value is -1.82. The average molecular weight is 245 g/mol. The van der Waals surface area contributed by atoms with Crippen molar-refractivity contribution in [1.29, 1.82) is 0 Å². The summed E-state index contributed by atoms with van der Waals surface area (Å²) in [7, 11) is 0. The lowest BCUT2D eigenvalue weighted by atomic mass is 10.2. The summed E-state index contributed by atoms with van der Waals surface area (Å²) in [6.45, 7) is 1.05. The summed E-state index contributed by atoms with van der Waals surface area (Å²) < 4.78 is 5.16. The summed E-state index contributed by atoms with van der Waals surface area (Å²) in [5.41, 5.74) is 0.169. The summed E-state index contributed by atoms with van der Waals surface area (Å²) >= 11 is 0. The molecule has 0 bridgehead atoms. The molecule has 16 heavy (non-hydrogen) atoms. The number of aromatic hydroxyl groups is 1. The summed E-state index contributed by atoms with van der Waals surface area (Å²) in [6, 6.07) is 4.05. The van der Waals surface area contributed by atoms with Gasteiger partial charge >= 0.3 is 5.69 Å². The van der Waals surface area contributed by atoms with E-state index < -0.39 is 4.92 Å². The highest BCUT2D eigenvalue weighted by Gasteiger charge is 2.18. The van der Waals surface area contributed by atoms with Crippen LogP contribution < -0.4 is 0 Å². The SMILES string of the molecule is Cl.O=[N+]([O-])c1cc(C2=NCCO2)ccc1O. The smallest absolute Gasteiger partial charge is 0.311 e. The van der Waals surface area contributed by atoms with E-state index in [0.29, 0.717) is 24.6 Å². The number of nitro benzene ring substituents is 1. The molecular formula is C9H9ClN2O4. The molecule has 0 saturated heterocycles. The minimum absolute atomic E-state index is 0. The van der Waals surface area contributed by atoms with Gasteiger partial charge in [-0.2, -0.15) is 0 Å². The van der Waals surface area contributed by atoms with Crippen LogP contribution >= 0.6 is 12.4 Å². The van der Waals surface area contributed by atoms with E-state index in [1.165, 1.54) is 18.2 Å². The fraction of sp³-hybridized carbons (Fsp3) is 0.222. The zero-order valence-corrected chi connectivity index (χ0v) is 8.94. The van der Waals surface area contributed by atoms with Crippen LogP contribution in [0.1, 0.15) is 5.56 Å². The van der Waals surface area contributed by atoms with Gasteiger partial charge < -0.3 is 9.84 Å². The van der Waals surface area contributed by atoms with E-state index in [9.17, 15) is 15.2 Å². The molecule has 0 radical (unpaired) electrons. The van der Waals surface area contributed by atoms with Gasteiger partial charge in [0.25, 0.3) is 0 Å². The van der Waals surface area contributed by atoms with Gasteiger partial charge in [-0.25, -0.2) is 4.99 Å². The van der Waals surface area contributed by atoms with Crippen molar-refractivity contribution in [2.24, 2.45) is 4.99 Å². The fourth-order valence-electron chi connectivity index (χ4n) is 1.31. The molecule has 0 amide bonds. The van der Waals surface area contributed by atoms with Crippen LogP contribution in [0.5, 0.6) is 5.75 Å². The number of ether oxygens (including phenoxy) is 1. The standard InChI is InChI=1S/C9H8N2O4.ClH/c12-8-2-1-6(5-7(8)11(13)14)9-10-3-4-15-9;/h1-2,5,12H,3-4H2;1H. The van der Waals surface area contributed by atoms with Crippen molar-refractivity contribution in [3.05, 3.63) is 33.9 Å². The molecule has 0 aromatic heterocycles. The van der Waals surface area contributed by atoms with Gasteiger partial charge in [0.15, 0.2) is 5.75 Å². The maximum Gasteiger partial charge on any atom is 0.311 e. The highest BCUT2D eigenvalue weighted by molar-refractivity contribution is 5.95. The van der Waals surface area contributed by atoms with Crippen LogP contribution in [0.2, 0.25) is 0 Å². The number of phenolic OH excluding ortho intramolecular Hbond substituents is 1. The molecule has 0 unspecified atom stereocenters. The molecule has 86 valence electrons. The van der Waals surface area contributed by atoms with Crippen molar-refractivity contribution in [2.75, 3.05) is 13.2 Å². The predicted molar refractivity (Wildman–Crippen MR) is 59.4 cm³/mol. The van der Waals surface area contributed by atoms with Gasteiger partial charge in [0.1, 0.15) is 6.61 Å². The molecule has 7 heteroatoms. The van der Waals surface area contributed by atoms with Crippen molar-refractivity contribution in [3.8, 4) is 5.75 Å². The predicted octanol–water partition coefficient (Wildman–Crippen LogP) is 1.50. The Morgan fingerprint density at radius 1 is 1.50 bits per heavy atom. The number of halogens is 1. The van der Waals surface area contributed by atoms with Crippen LogP contribution in [0.4, 0.5) is 5.69 Å². The number of hydrogen-bond acceptors (Lipinski definition) is 5. The lowest BCUT2D eigenvalue weighted by Gasteiger charge is -2.02. The van der Waals surface area contributed by atoms with E-state index in [0.717, 1.165) is 0 Å². The maximum absolute atomic E-state index is 10.6. The van der Waals surface area contributed by atoms with Crippen LogP contribution in [0.25, 0.3) is 0 Å². The summed E-state index contributed by atoms with van der Waals surface area (Å²) in [4.78, 5) is 13.9. The van der Waals surface area contributed by atoms with E-state index in [1.807, 2.05) is 0 Å². The maximum atomic E-state index is 10.6. The molecule has 1 N–H and O–H groups in total. The van der Waals surface area contributed by atoms with Crippen LogP contribution in [0.15, 0.2) is 23.2 Å². The second-order valence-corrected chi connectivity index (χ2v) is 3.00. The van der Waals surface area contributed by atoms with Gasteiger partial charge in [-0.1, -0.05) is 0 Å². The van der Waals surface area contributed by atoms with Crippen LogP contribution in [0.3, 0.4) is 0 Å². The van der Waals surface area contributed by atoms with Gasteiger partial charge in [-0.05, 0) is 12.1 Å². The third-order valence-corrected chi connectivity index (χ3v) is 2.00. The van der Waals surface area contributed by atoms with Gasteiger partial charge in [-0.15, -0.1) is 12.4 Å². The molecule has 1 aliphatic heterocycles. The Morgan fingerprint density at radius 3 is 2.81 bits per heavy atom. The number of nitrogens with zero attached hydrogens (tertiary/aromatic N) is 2. The Bertz CT molecular complexity index is 447. The molecule has 0 fully saturated rings. The van der Waals surface area contributed by atoms with Gasteiger partial charge in [0.05, 0.1) is 11.5 Å². The third kappa shape index (κ3) is 2.22. The van der Waals surface area contributed by atoms with Crippen LogP contribution in [0, 0.1) is 10.1 Å². The Morgan fingerprint density at radius 2 is 2.25 bits per heavy atom. The molecule has 1 aromatic rings. The summed E-state index contributed by atoms with van der Waals surface area (Å²) in [5.74, 6) is 0.0282. The average Bonchev–Trinajstić information content (AvgIpc) is 2.71. The first-order chi connectivity index (χ1) is 7.18. The molecule has 2 rings (SSSR count). The fourth-order valence-corrected chi connectivity index (χ4v) is 1.31. The van der Waals surface area contributed by atoms with Gasteiger partial charge in [0, 0.05) is 11.6 Å². The van der Waals surface area contributed by atoms with E-state index in [4.69, 9.17) is 4.74 Å². The summed E-state index contributed by atoms with van der Waals surface area (Å²) in [5, 5.41) is 19.8. The number of hydrogen-bond donors (Lipinski definition) is 1. The van der Waals surface area contributed by atoms with E-state index >= 15 is 0 Å². The monoisotopic (exact) mass is 244 g/mol. The Labute approximate surface area is 97.1 Å². The lowest BCUT2D eigenvalue weighted by Crippen LogP contribution is -2.01. The molecule has 1 heterocycles. The first-order valence-corrected chi connectivity index (χ1v) is 4.33. The van der Waals surface area contributed by atoms with Crippen LogP contribution in [-0.2, 0) is 4.74 Å². The molecule has 0 spiro atoms. The molecule has 1 aromatic carbocycles. The Kier molecular flexibility index (Phi) is 3.68. The molecule has 0 aliphatic carbocycles. The van der Waals surface area contributed by atoms with E-state index in [2.05, 4.69) is 4.99 Å². The van der Waals surface area contributed by atoms with Gasteiger partial charge in [-0.3, -0.25) is 10.1 Å². The minimum atomic E-state index is -0.644. The molecular weight excluding hydrogens is 236 g/mol. The molecule has 0 atom stereocenters. The van der Waals surface area contributed by atoms with E-state index in [-0.39, 0.29) is 23.8 Å². The number of aliphatic imine (C=N–C) groups is 1. The number of phenols is 1. The Balaban J connectivity index is 0.00000128. The zero-order valence-electron chi connectivity index (χ0n) is 8.12.